The van der Waals surface area contributed by atoms with Crippen molar-refractivity contribution in [1.82, 2.24) is 19.9 Å². The predicted octanol–water partition coefficient (Wildman–Crippen LogP) is 3.75. The molecule has 0 saturated carbocycles. The van der Waals surface area contributed by atoms with E-state index in [1.165, 1.54) is 0 Å². The molecule has 0 saturated heterocycles. The number of nitrogens with one attached hydrogen (secondary N) is 1. The second-order valence-electron chi connectivity index (χ2n) is 7.40. The molecule has 1 N–H and O–H groups in total. The number of hydrogen-bond donors (Lipinski definition) is 1. The molecule has 0 spiro atoms. The Bertz CT molecular complexity index is 1200. The molecule has 32 heavy (non-hydrogen) atoms. The summed E-state index contributed by atoms with van der Waals surface area (Å²) >= 11 is 0. The van der Waals surface area contributed by atoms with Crippen molar-refractivity contribution in [2.24, 2.45) is 0 Å². The molecule has 1 amide bonds. The molecule has 164 valence electrons. The summed E-state index contributed by atoms with van der Waals surface area (Å²) in [4.78, 5) is 21.8. The molecule has 0 aliphatic rings. The zero-order chi connectivity index (χ0) is 22.3. The van der Waals surface area contributed by atoms with Crippen molar-refractivity contribution in [3.63, 3.8) is 0 Å². The number of rotatable bonds is 9. The number of ether oxygens (including phenoxy) is 2. The molecule has 2 heterocycles. The first-order chi connectivity index (χ1) is 15.7. The number of aromatic nitrogens is 3. The summed E-state index contributed by atoms with van der Waals surface area (Å²) in [7, 11) is 3.28. The smallest absolute Gasteiger partial charge is 0.220 e. The Labute approximate surface area is 187 Å². The van der Waals surface area contributed by atoms with Gasteiger partial charge in [0.05, 0.1) is 20.8 Å². The number of carbonyl (C=O) groups excluding carboxylic acids is 1. The zero-order valence-electron chi connectivity index (χ0n) is 18.2. The van der Waals surface area contributed by atoms with E-state index in [1.807, 2.05) is 60.7 Å². The maximum absolute atomic E-state index is 12.5. The fraction of sp³-hybridized carbons (Fsp3) is 0.240. The number of pyridine rings is 1. The maximum Gasteiger partial charge on any atom is 0.220 e. The lowest BCUT2D eigenvalue weighted by Crippen LogP contribution is -2.23. The quantitative estimate of drug-likeness (QED) is 0.438. The van der Waals surface area contributed by atoms with E-state index in [2.05, 4.69) is 14.9 Å². The number of imidazole rings is 1. The van der Waals surface area contributed by atoms with E-state index in [-0.39, 0.29) is 5.91 Å². The lowest BCUT2D eigenvalue weighted by atomic mass is 10.2. The van der Waals surface area contributed by atoms with Crippen LogP contribution in [0.2, 0.25) is 0 Å². The summed E-state index contributed by atoms with van der Waals surface area (Å²) in [5.74, 6) is 2.38. The summed E-state index contributed by atoms with van der Waals surface area (Å²) < 4.78 is 12.7. The van der Waals surface area contributed by atoms with Crippen molar-refractivity contribution in [2.75, 3.05) is 14.2 Å². The van der Waals surface area contributed by atoms with Crippen LogP contribution in [0.15, 0.2) is 66.9 Å². The highest BCUT2D eigenvalue weighted by Crippen LogP contribution is 2.19. The molecule has 0 unspecified atom stereocenters. The van der Waals surface area contributed by atoms with Gasteiger partial charge in [-0.15, -0.1) is 0 Å². The van der Waals surface area contributed by atoms with Gasteiger partial charge in [0.15, 0.2) is 5.65 Å². The van der Waals surface area contributed by atoms with E-state index in [1.54, 1.807) is 20.4 Å². The lowest BCUT2D eigenvalue weighted by molar-refractivity contribution is -0.121. The zero-order valence-corrected chi connectivity index (χ0v) is 18.2. The predicted molar refractivity (Wildman–Crippen MR) is 123 cm³/mol. The highest BCUT2D eigenvalue weighted by Gasteiger charge is 2.14. The minimum atomic E-state index is -0.0353. The normalized spacial score (nSPS) is 10.8. The van der Waals surface area contributed by atoms with Crippen LogP contribution in [0.1, 0.15) is 23.4 Å². The summed E-state index contributed by atoms with van der Waals surface area (Å²) in [5, 5.41) is 2.97. The van der Waals surface area contributed by atoms with E-state index >= 15 is 0 Å². The SMILES string of the molecule is COc1ccc(Cn2c(CCC(=O)NCc3ccccc3OC)nc3cccnc32)cc1. The summed E-state index contributed by atoms with van der Waals surface area (Å²) in [6.07, 6.45) is 2.61. The topological polar surface area (TPSA) is 78.3 Å². The van der Waals surface area contributed by atoms with Gasteiger partial charge < -0.3 is 19.4 Å². The number of amides is 1. The number of fused-ring (bicyclic) bond motifs is 1. The number of para-hydroxylation sites is 1. The second kappa shape index (κ2) is 9.96. The summed E-state index contributed by atoms with van der Waals surface area (Å²) in [5.41, 5.74) is 3.69. The molecule has 0 aliphatic heterocycles. The van der Waals surface area contributed by atoms with Crippen molar-refractivity contribution in [3.8, 4) is 11.5 Å². The molecule has 0 bridgehead atoms. The van der Waals surface area contributed by atoms with Gasteiger partial charge in [-0.2, -0.15) is 0 Å². The van der Waals surface area contributed by atoms with Crippen LogP contribution >= 0.6 is 0 Å². The Morgan fingerprint density at radius 2 is 1.81 bits per heavy atom. The van der Waals surface area contributed by atoms with Crippen molar-refractivity contribution >= 4 is 17.1 Å². The molecular weight excluding hydrogens is 404 g/mol. The Morgan fingerprint density at radius 1 is 1.00 bits per heavy atom. The second-order valence-corrected chi connectivity index (χ2v) is 7.40. The van der Waals surface area contributed by atoms with E-state index in [0.29, 0.717) is 25.9 Å². The molecule has 2 aromatic carbocycles. The third-order valence-electron chi connectivity index (χ3n) is 5.33. The first-order valence-corrected chi connectivity index (χ1v) is 10.5. The van der Waals surface area contributed by atoms with Crippen molar-refractivity contribution in [1.29, 1.82) is 0 Å². The lowest BCUT2D eigenvalue weighted by Gasteiger charge is -2.11. The van der Waals surface area contributed by atoms with Gasteiger partial charge in [0.1, 0.15) is 22.8 Å². The van der Waals surface area contributed by atoms with Crippen molar-refractivity contribution in [2.45, 2.75) is 25.9 Å². The van der Waals surface area contributed by atoms with Crippen LogP contribution in [0, 0.1) is 0 Å². The molecule has 4 rings (SSSR count). The molecule has 4 aromatic rings. The summed E-state index contributed by atoms with van der Waals surface area (Å²) in [6, 6.07) is 19.4. The molecular formula is C25H26N4O3. The Hall–Kier alpha value is -3.87. The number of hydrogen-bond acceptors (Lipinski definition) is 5. The molecule has 0 radical (unpaired) electrons. The van der Waals surface area contributed by atoms with E-state index < -0.39 is 0 Å². The average Bonchev–Trinajstić information content (AvgIpc) is 3.19. The van der Waals surface area contributed by atoms with Gasteiger partial charge in [-0.1, -0.05) is 30.3 Å². The van der Waals surface area contributed by atoms with Gasteiger partial charge in [-0.25, -0.2) is 9.97 Å². The van der Waals surface area contributed by atoms with Crippen LogP contribution < -0.4 is 14.8 Å². The Kier molecular flexibility index (Phi) is 6.65. The minimum Gasteiger partial charge on any atom is -0.497 e. The Morgan fingerprint density at radius 3 is 2.59 bits per heavy atom. The van der Waals surface area contributed by atoms with Gasteiger partial charge in [0.2, 0.25) is 5.91 Å². The molecule has 7 nitrogen and oxygen atoms in total. The van der Waals surface area contributed by atoms with E-state index in [4.69, 9.17) is 14.5 Å². The maximum atomic E-state index is 12.5. The molecule has 0 fully saturated rings. The first-order valence-electron chi connectivity index (χ1n) is 10.5. The number of nitrogens with zero attached hydrogens (tertiary/aromatic N) is 3. The van der Waals surface area contributed by atoms with Crippen molar-refractivity contribution < 1.29 is 14.3 Å². The number of methoxy groups -OCH3 is 2. The number of aryl methyl sites for hydroxylation is 1. The van der Waals surface area contributed by atoms with Crippen LogP contribution in [0.25, 0.3) is 11.2 Å². The largest absolute Gasteiger partial charge is 0.497 e. The van der Waals surface area contributed by atoms with Gasteiger partial charge in [-0.05, 0) is 35.9 Å². The first kappa shape index (κ1) is 21.4. The van der Waals surface area contributed by atoms with Gasteiger partial charge in [-0.3, -0.25) is 4.79 Å². The third kappa shape index (κ3) is 4.88. The van der Waals surface area contributed by atoms with Gasteiger partial charge in [0, 0.05) is 31.1 Å². The summed E-state index contributed by atoms with van der Waals surface area (Å²) in [6.45, 7) is 1.04. The van der Waals surface area contributed by atoms with Crippen LogP contribution in [-0.4, -0.2) is 34.7 Å². The fourth-order valence-corrected chi connectivity index (χ4v) is 3.63. The van der Waals surface area contributed by atoms with Crippen LogP contribution in [0.5, 0.6) is 11.5 Å². The van der Waals surface area contributed by atoms with Crippen LogP contribution in [0.4, 0.5) is 0 Å². The van der Waals surface area contributed by atoms with Crippen LogP contribution in [0.3, 0.4) is 0 Å². The number of carbonyl (C=O) groups is 1. The van der Waals surface area contributed by atoms with Crippen LogP contribution in [-0.2, 0) is 24.3 Å². The number of benzene rings is 2. The van der Waals surface area contributed by atoms with Gasteiger partial charge >= 0.3 is 0 Å². The molecule has 0 aliphatic carbocycles. The minimum absolute atomic E-state index is 0.0353. The van der Waals surface area contributed by atoms with Gasteiger partial charge in [0.25, 0.3) is 0 Å². The highest BCUT2D eigenvalue weighted by atomic mass is 16.5. The molecule has 0 atom stereocenters. The molecule has 2 aromatic heterocycles. The Balaban J connectivity index is 1.46. The molecule has 7 heteroatoms. The standard InChI is InChI=1S/C25H26N4O3/c1-31-20-11-9-18(10-12-20)17-29-23(28-21-7-5-15-26-25(21)29)13-14-24(30)27-16-19-6-3-4-8-22(19)32-2/h3-12,15H,13-14,16-17H2,1-2H3,(H,27,30). The third-order valence-corrected chi connectivity index (χ3v) is 5.33. The van der Waals surface area contributed by atoms with Crippen molar-refractivity contribution in [3.05, 3.63) is 83.8 Å². The average molecular weight is 431 g/mol. The highest BCUT2D eigenvalue weighted by molar-refractivity contribution is 5.76. The monoisotopic (exact) mass is 430 g/mol. The fourth-order valence-electron chi connectivity index (χ4n) is 3.63. The van der Waals surface area contributed by atoms with E-state index in [0.717, 1.165) is 39.6 Å². The van der Waals surface area contributed by atoms with E-state index in [9.17, 15) is 4.79 Å².